The van der Waals surface area contributed by atoms with Crippen molar-refractivity contribution in [1.82, 2.24) is 0 Å². The molecule has 8 unspecified atom stereocenters. The maximum atomic E-state index is 12.2. The second-order valence-corrected chi connectivity index (χ2v) is 13.8. The number of carbonyl (C=O) groups is 1. The van der Waals surface area contributed by atoms with Gasteiger partial charge in [0.2, 0.25) is 12.5 Å². The molecule has 6 aliphatic rings. The third kappa shape index (κ3) is 3.79. The molecule has 0 aromatic heterocycles. The lowest BCUT2D eigenvalue weighted by molar-refractivity contribution is -0.905. The Labute approximate surface area is 232 Å². The van der Waals surface area contributed by atoms with Gasteiger partial charge in [0, 0.05) is 12.8 Å². The molecule has 0 saturated heterocycles. The number of quaternary nitrogens is 1. The largest absolute Gasteiger partial charge is 0.492 e. The number of rotatable bonds is 1. The molecule has 0 spiro atoms. The van der Waals surface area contributed by atoms with Gasteiger partial charge in [-0.15, -0.1) is 0 Å². The number of allylic oxidation sites excluding steroid dienone is 1. The van der Waals surface area contributed by atoms with Crippen LogP contribution in [0, 0.1) is 40.4 Å². The predicted octanol–water partition coefficient (Wildman–Crippen LogP) is 3.80. The highest BCUT2D eigenvalue weighted by Gasteiger charge is 2.60. The van der Waals surface area contributed by atoms with Crippen molar-refractivity contribution in [2.24, 2.45) is 28.6 Å². The molecule has 8 atom stereocenters. The number of methoxy groups -OCH3 is 1. The Bertz CT molecular complexity index is 1320. The van der Waals surface area contributed by atoms with Gasteiger partial charge in [-0.2, -0.15) is 0 Å². The van der Waals surface area contributed by atoms with Crippen LogP contribution in [-0.2, 0) is 11.2 Å². The molecule has 4 aliphatic carbocycles. The van der Waals surface area contributed by atoms with E-state index in [9.17, 15) is 9.90 Å². The number of likely N-dealkylation sites (N-methyl/N-ethyl adjacent to an activating group) is 1. The maximum absolute atomic E-state index is 12.2. The molecule has 1 aromatic carbocycles. The molecule has 3 saturated carbocycles. The van der Waals surface area contributed by atoms with E-state index in [1.165, 1.54) is 22.5 Å². The molecular formula is C33H42NO5+. The van der Waals surface area contributed by atoms with Crippen LogP contribution in [0.4, 0.5) is 0 Å². The average molecular weight is 533 g/mol. The minimum atomic E-state index is -0.977. The maximum Gasteiger partial charge on any atom is 0.231 e. The summed E-state index contributed by atoms with van der Waals surface area (Å²) >= 11 is 0. The first kappa shape index (κ1) is 25.5. The van der Waals surface area contributed by atoms with Crippen LogP contribution < -0.4 is 19.1 Å². The van der Waals surface area contributed by atoms with Crippen molar-refractivity contribution in [2.75, 3.05) is 27.5 Å². The smallest absolute Gasteiger partial charge is 0.231 e. The van der Waals surface area contributed by atoms with E-state index in [4.69, 9.17) is 14.2 Å². The Kier molecular flexibility index (Phi) is 5.72. The van der Waals surface area contributed by atoms with E-state index in [0.717, 1.165) is 68.6 Å². The van der Waals surface area contributed by atoms with E-state index in [1.54, 1.807) is 7.11 Å². The van der Waals surface area contributed by atoms with Gasteiger partial charge in [-0.1, -0.05) is 25.3 Å². The first-order valence-corrected chi connectivity index (χ1v) is 14.9. The fourth-order valence-corrected chi connectivity index (χ4v) is 9.70. The fourth-order valence-electron chi connectivity index (χ4n) is 9.70. The van der Waals surface area contributed by atoms with Crippen LogP contribution in [-0.4, -0.2) is 44.0 Å². The van der Waals surface area contributed by atoms with Crippen LogP contribution in [0.1, 0.15) is 82.4 Å². The highest BCUT2D eigenvalue weighted by atomic mass is 16.7. The molecule has 0 amide bonds. The SMILES string of the molecule is COc1c2c(cc3c1C(C#CC1(O)CC4C5CCC6=CC(=O)CCC6(C)C5CCC4(C)C1)[NH+](C)CC3)OCO2. The fraction of sp³-hybridized carbons (Fsp3) is 0.667. The van der Waals surface area contributed by atoms with E-state index in [1.807, 2.05) is 6.08 Å². The summed E-state index contributed by atoms with van der Waals surface area (Å²) in [5, 5.41) is 12.0. The van der Waals surface area contributed by atoms with E-state index in [-0.39, 0.29) is 23.7 Å². The second-order valence-electron chi connectivity index (χ2n) is 13.8. The van der Waals surface area contributed by atoms with E-state index < -0.39 is 5.60 Å². The Hall–Kier alpha value is -2.49. The van der Waals surface area contributed by atoms with E-state index in [2.05, 4.69) is 38.8 Å². The number of ketones is 1. The van der Waals surface area contributed by atoms with E-state index >= 15 is 0 Å². The van der Waals surface area contributed by atoms with Crippen molar-refractivity contribution in [3.63, 3.8) is 0 Å². The van der Waals surface area contributed by atoms with Gasteiger partial charge in [0.05, 0.1) is 26.3 Å². The van der Waals surface area contributed by atoms with Crippen LogP contribution >= 0.6 is 0 Å². The number of ether oxygens (including phenoxy) is 3. The normalized spacial score (nSPS) is 41.8. The predicted molar refractivity (Wildman–Crippen MR) is 147 cm³/mol. The molecule has 7 rings (SSSR count). The lowest BCUT2D eigenvalue weighted by Gasteiger charge is -2.57. The number of nitrogens with one attached hydrogen (secondary N) is 1. The molecule has 6 heteroatoms. The zero-order chi connectivity index (χ0) is 27.2. The van der Waals surface area contributed by atoms with Crippen LogP contribution in [0.25, 0.3) is 0 Å². The number of benzene rings is 1. The molecule has 39 heavy (non-hydrogen) atoms. The summed E-state index contributed by atoms with van der Waals surface area (Å²) in [6, 6.07) is 2.00. The first-order chi connectivity index (χ1) is 18.6. The molecule has 2 N–H and O–H groups in total. The Morgan fingerprint density at radius 2 is 1.97 bits per heavy atom. The Morgan fingerprint density at radius 3 is 2.79 bits per heavy atom. The standard InChI is InChI=1S/C33H41NO5/c1-31-11-8-24-23(6-5-21-16-22(35)7-12-32(21,24)2)25(31)17-33(36,18-31)13-9-26-28-20(10-14-34(26)3)15-27-29(30(28)37-4)39-19-38-27/h15-16,23-26,36H,5-8,10-12,14,17-19H2,1-4H3/p+1. The number of aliphatic hydroxyl groups is 1. The van der Waals surface area contributed by atoms with Crippen LogP contribution in [0.2, 0.25) is 0 Å². The van der Waals surface area contributed by atoms with Gasteiger partial charge >= 0.3 is 0 Å². The minimum Gasteiger partial charge on any atom is -0.492 e. The summed E-state index contributed by atoms with van der Waals surface area (Å²) in [6.07, 6.45) is 10.6. The van der Waals surface area contributed by atoms with Crippen molar-refractivity contribution in [2.45, 2.75) is 83.3 Å². The summed E-state index contributed by atoms with van der Waals surface area (Å²) < 4.78 is 17.3. The van der Waals surface area contributed by atoms with Gasteiger partial charge in [0.25, 0.3) is 0 Å². The molecule has 6 nitrogen and oxygen atoms in total. The third-order valence-corrected chi connectivity index (χ3v) is 11.7. The van der Waals surface area contributed by atoms with Crippen molar-refractivity contribution in [3.05, 3.63) is 28.8 Å². The van der Waals surface area contributed by atoms with Crippen LogP contribution in [0.15, 0.2) is 17.7 Å². The molecule has 0 bridgehead atoms. The summed E-state index contributed by atoms with van der Waals surface area (Å²) in [7, 11) is 3.87. The zero-order valence-corrected chi connectivity index (χ0v) is 23.8. The van der Waals surface area contributed by atoms with Gasteiger partial charge in [-0.3, -0.25) is 4.79 Å². The topological polar surface area (TPSA) is 69.4 Å². The molecule has 208 valence electrons. The third-order valence-electron chi connectivity index (χ3n) is 11.7. The first-order valence-electron chi connectivity index (χ1n) is 14.9. The van der Waals surface area contributed by atoms with Crippen molar-refractivity contribution in [1.29, 1.82) is 0 Å². The van der Waals surface area contributed by atoms with Crippen LogP contribution in [0.5, 0.6) is 17.2 Å². The number of hydrogen-bond donors (Lipinski definition) is 2. The molecule has 2 aliphatic heterocycles. The second kappa shape index (κ2) is 8.75. The molecule has 2 heterocycles. The summed E-state index contributed by atoms with van der Waals surface area (Å²) in [4.78, 5) is 13.5. The van der Waals surface area contributed by atoms with Gasteiger partial charge in [0.1, 0.15) is 5.60 Å². The van der Waals surface area contributed by atoms with Gasteiger partial charge in [-0.05, 0) is 97.2 Å². The quantitative estimate of drug-likeness (QED) is 0.539. The number of carbonyl (C=O) groups excluding carboxylic acids is 1. The van der Waals surface area contributed by atoms with Crippen molar-refractivity contribution >= 4 is 5.78 Å². The summed E-state index contributed by atoms with van der Waals surface area (Å²) in [6.45, 7) is 6.00. The monoisotopic (exact) mass is 532 g/mol. The minimum absolute atomic E-state index is 0.0912. The lowest BCUT2D eigenvalue weighted by Crippen LogP contribution is -3.10. The Balaban J connectivity index is 1.19. The van der Waals surface area contributed by atoms with Crippen molar-refractivity contribution < 1.29 is 29.0 Å². The van der Waals surface area contributed by atoms with Gasteiger partial charge in [0.15, 0.2) is 23.3 Å². The average Bonchev–Trinajstić information content (AvgIpc) is 3.48. The molecule has 0 radical (unpaired) electrons. The molecule has 1 aromatic rings. The highest BCUT2D eigenvalue weighted by molar-refractivity contribution is 5.91. The molecule has 3 fully saturated rings. The number of hydrogen-bond acceptors (Lipinski definition) is 5. The molecular weight excluding hydrogens is 490 g/mol. The zero-order valence-electron chi connectivity index (χ0n) is 23.8. The highest BCUT2D eigenvalue weighted by Crippen LogP contribution is 2.66. The summed E-state index contributed by atoms with van der Waals surface area (Å²) in [5.74, 6) is 11.2. The lowest BCUT2D eigenvalue weighted by atomic mass is 9.47. The Morgan fingerprint density at radius 1 is 1.13 bits per heavy atom. The van der Waals surface area contributed by atoms with Gasteiger partial charge in [-0.25, -0.2) is 0 Å². The summed E-state index contributed by atoms with van der Waals surface area (Å²) in [5.41, 5.74) is 2.95. The van der Waals surface area contributed by atoms with Crippen LogP contribution in [0.3, 0.4) is 0 Å². The van der Waals surface area contributed by atoms with Gasteiger partial charge < -0.3 is 24.2 Å². The van der Waals surface area contributed by atoms with Crippen molar-refractivity contribution in [3.8, 4) is 29.1 Å². The van der Waals surface area contributed by atoms with E-state index in [0.29, 0.717) is 35.7 Å². The number of fused-ring (bicyclic) bond motifs is 7.